The Morgan fingerprint density at radius 3 is 2.71 bits per heavy atom. The molecule has 1 aromatic carbocycles. The van der Waals surface area contributed by atoms with Gasteiger partial charge in [-0.15, -0.1) is 0 Å². The summed E-state index contributed by atoms with van der Waals surface area (Å²) in [5.74, 6) is 1.31. The van der Waals surface area contributed by atoms with Crippen LogP contribution in [0.2, 0.25) is 5.02 Å². The second kappa shape index (κ2) is 4.70. The predicted molar refractivity (Wildman–Crippen MR) is 73.2 cm³/mol. The van der Waals surface area contributed by atoms with E-state index in [1.54, 1.807) is 0 Å². The first-order valence-corrected chi connectivity index (χ1v) is 6.38. The van der Waals surface area contributed by atoms with E-state index < -0.39 is 0 Å². The maximum Gasteiger partial charge on any atom is 0.174 e. The van der Waals surface area contributed by atoms with E-state index in [4.69, 9.17) is 21.9 Å². The number of benzene rings is 1. The van der Waals surface area contributed by atoms with Gasteiger partial charge in [-0.1, -0.05) is 46.5 Å². The van der Waals surface area contributed by atoms with Gasteiger partial charge in [-0.25, -0.2) is 0 Å². The van der Waals surface area contributed by atoms with Crippen LogP contribution in [0.3, 0.4) is 0 Å². The van der Waals surface area contributed by atoms with E-state index >= 15 is 0 Å². The second-order valence-electron chi connectivity index (χ2n) is 4.09. The maximum absolute atomic E-state index is 6.19. The van der Waals surface area contributed by atoms with E-state index in [2.05, 4.69) is 21.1 Å². The number of nitrogens with two attached hydrogens (primary N) is 1. The molecule has 0 unspecified atom stereocenters. The Morgan fingerprint density at radius 2 is 2.12 bits per heavy atom. The summed E-state index contributed by atoms with van der Waals surface area (Å²) in [4.78, 5) is 0. The van der Waals surface area contributed by atoms with Crippen LogP contribution in [0.15, 0.2) is 27.2 Å². The van der Waals surface area contributed by atoms with E-state index in [0.717, 1.165) is 15.6 Å². The van der Waals surface area contributed by atoms with E-state index in [1.807, 2.05) is 32.0 Å². The fraction of sp³-hybridized carbons (Fsp3) is 0.250. The molecule has 3 nitrogen and oxygen atoms in total. The summed E-state index contributed by atoms with van der Waals surface area (Å²) in [6.45, 7) is 4.08. The highest BCUT2D eigenvalue weighted by molar-refractivity contribution is 9.10. The van der Waals surface area contributed by atoms with Crippen LogP contribution >= 0.6 is 27.5 Å². The number of aromatic nitrogens is 1. The number of anilines is 1. The summed E-state index contributed by atoms with van der Waals surface area (Å²) >= 11 is 9.56. The standard InChI is InChI=1S/C12H12BrClN2O/c1-6(2)10-11(17-16-12(10)15)8-4-3-7(13)5-9(8)14/h3-6H,1-2H3,(H2,15,16). The highest BCUT2D eigenvalue weighted by Gasteiger charge is 2.20. The summed E-state index contributed by atoms with van der Waals surface area (Å²) < 4.78 is 6.21. The fourth-order valence-corrected chi connectivity index (χ4v) is 2.49. The molecular formula is C12H12BrClN2O. The Labute approximate surface area is 113 Å². The Balaban J connectivity index is 2.61. The smallest absolute Gasteiger partial charge is 0.174 e. The Hall–Kier alpha value is -1.000. The molecule has 17 heavy (non-hydrogen) atoms. The van der Waals surface area contributed by atoms with Crippen molar-refractivity contribution in [1.29, 1.82) is 0 Å². The molecule has 0 atom stereocenters. The molecule has 5 heteroatoms. The number of rotatable bonds is 2. The van der Waals surface area contributed by atoms with Gasteiger partial charge in [-0.3, -0.25) is 0 Å². The van der Waals surface area contributed by atoms with Gasteiger partial charge in [0, 0.05) is 15.6 Å². The van der Waals surface area contributed by atoms with Gasteiger partial charge in [0.05, 0.1) is 5.02 Å². The summed E-state index contributed by atoms with van der Waals surface area (Å²) in [6.07, 6.45) is 0. The molecule has 90 valence electrons. The first-order chi connectivity index (χ1) is 8.00. The monoisotopic (exact) mass is 314 g/mol. The third-order valence-corrected chi connectivity index (χ3v) is 3.31. The topological polar surface area (TPSA) is 52.0 Å². The van der Waals surface area contributed by atoms with Crippen LogP contribution in [0.4, 0.5) is 5.82 Å². The molecule has 0 amide bonds. The quantitative estimate of drug-likeness (QED) is 0.890. The number of hydrogen-bond donors (Lipinski definition) is 1. The van der Waals surface area contributed by atoms with Gasteiger partial charge in [0.1, 0.15) is 0 Å². The predicted octanol–water partition coefficient (Wildman–Crippen LogP) is 4.46. The third kappa shape index (κ3) is 2.33. The summed E-state index contributed by atoms with van der Waals surface area (Å²) in [7, 11) is 0. The molecule has 0 spiro atoms. The molecule has 2 aromatic rings. The zero-order chi connectivity index (χ0) is 12.6. The molecule has 0 saturated heterocycles. The van der Waals surface area contributed by atoms with Crippen molar-refractivity contribution in [2.24, 2.45) is 0 Å². The molecule has 0 aliphatic heterocycles. The minimum atomic E-state index is 0.232. The number of nitrogen functional groups attached to an aromatic ring is 1. The molecule has 1 aromatic heterocycles. The van der Waals surface area contributed by atoms with E-state index in [0.29, 0.717) is 16.6 Å². The lowest BCUT2D eigenvalue weighted by atomic mass is 9.99. The fourth-order valence-electron chi connectivity index (χ4n) is 1.74. The van der Waals surface area contributed by atoms with E-state index in [1.165, 1.54) is 0 Å². The van der Waals surface area contributed by atoms with Gasteiger partial charge < -0.3 is 10.3 Å². The average Bonchev–Trinajstić information content (AvgIpc) is 2.60. The van der Waals surface area contributed by atoms with Gasteiger partial charge in [0.15, 0.2) is 11.6 Å². The second-order valence-corrected chi connectivity index (χ2v) is 5.41. The van der Waals surface area contributed by atoms with Crippen LogP contribution in [0.5, 0.6) is 0 Å². The van der Waals surface area contributed by atoms with Crippen LogP contribution in [-0.4, -0.2) is 5.16 Å². The van der Waals surface area contributed by atoms with Crippen LogP contribution in [0, 0.1) is 0 Å². The van der Waals surface area contributed by atoms with Gasteiger partial charge in [0.2, 0.25) is 0 Å². The normalized spacial score (nSPS) is 11.1. The lowest BCUT2D eigenvalue weighted by Crippen LogP contribution is -1.95. The van der Waals surface area contributed by atoms with Crippen molar-refractivity contribution in [3.63, 3.8) is 0 Å². The molecule has 0 radical (unpaired) electrons. The van der Waals surface area contributed by atoms with Gasteiger partial charge >= 0.3 is 0 Å². The number of hydrogen-bond acceptors (Lipinski definition) is 3. The average molecular weight is 316 g/mol. The maximum atomic E-state index is 6.19. The highest BCUT2D eigenvalue weighted by atomic mass is 79.9. The zero-order valence-electron chi connectivity index (χ0n) is 9.50. The van der Waals surface area contributed by atoms with Crippen LogP contribution in [0.25, 0.3) is 11.3 Å². The SMILES string of the molecule is CC(C)c1c(N)noc1-c1ccc(Br)cc1Cl. The molecule has 0 aliphatic carbocycles. The van der Waals surface area contributed by atoms with E-state index in [-0.39, 0.29) is 5.92 Å². The van der Waals surface area contributed by atoms with Crippen molar-refractivity contribution in [3.05, 3.63) is 33.3 Å². The minimum absolute atomic E-state index is 0.232. The van der Waals surface area contributed by atoms with Crippen LogP contribution in [-0.2, 0) is 0 Å². The van der Waals surface area contributed by atoms with Gasteiger partial charge in [-0.05, 0) is 24.1 Å². The largest absolute Gasteiger partial charge is 0.381 e. The molecule has 0 aliphatic rings. The van der Waals surface area contributed by atoms with E-state index in [9.17, 15) is 0 Å². The van der Waals surface area contributed by atoms with Crippen LogP contribution in [0.1, 0.15) is 25.3 Å². The summed E-state index contributed by atoms with van der Waals surface area (Å²) in [5.41, 5.74) is 7.51. The van der Waals surface area contributed by atoms with Crippen molar-refractivity contribution in [1.82, 2.24) is 5.16 Å². The summed E-state index contributed by atoms with van der Waals surface area (Å²) in [6, 6.07) is 5.61. The van der Waals surface area contributed by atoms with Gasteiger partial charge in [0.25, 0.3) is 0 Å². The summed E-state index contributed by atoms with van der Waals surface area (Å²) in [5, 5.41) is 4.42. The van der Waals surface area contributed by atoms with Crippen LogP contribution < -0.4 is 5.73 Å². The van der Waals surface area contributed by atoms with Crippen molar-refractivity contribution < 1.29 is 4.52 Å². The lowest BCUT2D eigenvalue weighted by Gasteiger charge is -2.07. The Bertz CT molecular complexity index is 551. The lowest BCUT2D eigenvalue weighted by molar-refractivity contribution is 0.434. The van der Waals surface area contributed by atoms with Crippen molar-refractivity contribution >= 4 is 33.3 Å². The third-order valence-electron chi connectivity index (χ3n) is 2.51. The molecule has 0 bridgehead atoms. The van der Waals surface area contributed by atoms with Gasteiger partial charge in [-0.2, -0.15) is 0 Å². The molecular weight excluding hydrogens is 304 g/mol. The van der Waals surface area contributed by atoms with Crippen molar-refractivity contribution in [2.45, 2.75) is 19.8 Å². The number of halogens is 2. The zero-order valence-corrected chi connectivity index (χ0v) is 11.8. The highest BCUT2D eigenvalue weighted by Crippen LogP contribution is 2.37. The Morgan fingerprint density at radius 1 is 1.41 bits per heavy atom. The molecule has 2 N–H and O–H groups in total. The Kier molecular flexibility index (Phi) is 3.45. The first-order valence-electron chi connectivity index (χ1n) is 5.21. The van der Waals surface area contributed by atoms with Crippen molar-refractivity contribution in [3.8, 4) is 11.3 Å². The molecule has 1 heterocycles. The molecule has 0 saturated carbocycles. The minimum Gasteiger partial charge on any atom is -0.381 e. The molecule has 2 rings (SSSR count). The first kappa shape index (κ1) is 12.5. The number of nitrogens with zero attached hydrogens (tertiary/aromatic N) is 1. The molecule has 0 fully saturated rings. The van der Waals surface area contributed by atoms with Crippen molar-refractivity contribution in [2.75, 3.05) is 5.73 Å².